The summed E-state index contributed by atoms with van der Waals surface area (Å²) in [6.07, 6.45) is 3.18. The van der Waals surface area contributed by atoms with Gasteiger partial charge in [-0.25, -0.2) is 4.98 Å². The van der Waals surface area contributed by atoms with Crippen molar-refractivity contribution in [3.63, 3.8) is 0 Å². The van der Waals surface area contributed by atoms with Crippen LogP contribution < -0.4 is 11.1 Å². The zero-order valence-corrected chi connectivity index (χ0v) is 8.79. The summed E-state index contributed by atoms with van der Waals surface area (Å²) >= 11 is 0. The second kappa shape index (κ2) is 3.88. The highest BCUT2D eigenvalue weighted by molar-refractivity contribution is 5.93. The van der Waals surface area contributed by atoms with E-state index in [1.165, 1.54) is 0 Å². The molecular formula is C11H15N3O. The van der Waals surface area contributed by atoms with Crippen molar-refractivity contribution in [1.29, 1.82) is 0 Å². The number of carbonyl (C=O) groups excluding carboxylic acids is 1. The molecule has 1 heterocycles. The summed E-state index contributed by atoms with van der Waals surface area (Å²) in [5.74, 6) is 0.784. The Kier molecular flexibility index (Phi) is 2.58. The Balaban J connectivity index is 2.06. The van der Waals surface area contributed by atoms with Crippen LogP contribution in [0.4, 0.5) is 11.5 Å². The van der Waals surface area contributed by atoms with Crippen molar-refractivity contribution < 1.29 is 4.79 Å². The summed E-state index contributed by atoms with van der Waals surface area (Å²) in [4.78, 5) is 15.8. The van der Waals surface area contributed by atoms with Gasteiger partial charge in [0, 0.05) is 5.92 Å². The number of anilines is 2. The smallest absolute Gasteiger partial charge is 0.227 e. The lowest BCUT2D eigenvalue weighted by atomic mass is 9.85. The number of rotatable bonds is 2. The third-order valence-corrected chi connectivity index (χ3v) is 2.84. The third kappa shape index (κ3) is 2.09. The molecule has 2 rings (SSSR count). The van der Waals surface area contributed by atoms with Gasteiger partial charge < -0.3 is 11.1 Å². The lowest BCUT2D eigenvalue weighted by molar-refractivity contribution is -0.122. The van der Waals surface area contributed by atoms with Crippen molar-refractivity contribution in [2.45, 2.75) is 26.2 Å². The number of carbonyl (C=O) groups is 1. The number of amides is 1. The van der Waals surface area contributed by atoms with Gasteiger partial charge in [-0.05, 0) is 31.9 Å². The average Bonchev–Trinajstić information content (AvgIpc) is 2.07. The lowest BCUT2D eigenvalue weighted by Gasteiger charge is -2.24. The number of nitrogens with one attached hydrogen (secondary N) is 1. The molecule has 1 fully saturated rings. The van der Waals surface area contributed by atoms with Crippen LogP contribution in [0.15, 0.2) is 12.1 Å². The Labute approximate surface area is 88.9 Å². The number of nitrogens with zero attached hydrogens (tertiary/aromatic N) is 1. The average molecular weight is 205 g/mol. The van der Waals surface area contributed by atoms with Gasteiger partial charge in [-0.1, -0.05) is 6.42 Å². The first-order chi connectivity index (χ1) is 7.16. The van der Waals surface area contributed by atoms with E-state index in [4.69, 9.17) is 5.73 Å². The minimum Gasteiger partial charge on any atom is -0.384 e. The molecule has 1 amide bonds. The summed E-state index contributed by atoms with van der Waals surface area (Å²) in [7, 11) is 0. The topological polar surface area (TPSA) is 68.0 Å². The minimum atomic E-state index is 0.107. The number of hydrogen-bond donors (Lipinski definition) is 2. The van der Waals surface area contributed by atoms with Gasteiger partial charge >= 0.3 is 0 Å². The van der Waals surface area contributed by atoms with Crippen molar-refractivity contribution in [3.05, 3.63) is 17.8 Å². The number of nitrogens with two attached hydrogens (primary N) is 1. The summed E-state index contributed by atoms with van der Waals surface area (Å²) in [6.45, 7) is 1.84. The summed E-state index contributed by atoms with van der Waals surface area (Å²) in [5, 5.41) is 2.88. The first-order valence-electron chi connectivity index (χ1n) is 5.21. The molecule has 3 N–H and O–H groups in total. The fourth-order valence-corrected chi connectivity index (χ4v) is 1.62. The lowest BCUT2D eigenvalue weighted by Crippen LogP contribution is -2.28. The quantitative estimate of drug-likeness (QED) is 0.772. The number of nitrogen functional groups attached to an aromatic ring is 1. The maximum Gasteiger partial charge on any atom is 0.227 e. The van der Waals surface area contributed by atoms with Gasteiger partial charge in [0.15, 0.2) is 0 Å². The first kappa shape index (κ1) is 9.96. The zero-order chi connectivity index (χ0) is 10.8. The Morgan fingerprint density at radius 3 is 2.80 bits per heavy atom. The fraction of sp³-hybridized carbons (Fsp3) is 0.455. The summed E-state index contributed by atoms with van der Waals surface area (Å²) in [6, 6.07) is 3.50. The molecular weight excluding hydrogens is 190 g/mol. The maximum atomic E-state index is 11.7. The van der Waals surface area contributed by atoms with E-state index >= 15 is 0 Å². The van der Waals surface area contributed by atoms with Crippen molar-refractivity contribution >= 4 is 17.4 Å². The predicted molar refractivity (Wildman–Crippen MR) is 59.4 cm³/mol. The van der Waals surface area contributed by atoms with E-state index < -0.39 is 0 Å². The molecule has 0 spiro atoms. The largest absolute Gasteiger partial charge is 0.384 e. The molecule has 1 saturated carbocycles. The van der Waals surface area contributed by atoms with Gasteiger partial charge in [0.2, 0.25) is 5.91 Å². The van der Waals surface area contributed by atoms with Crippen LogP contribution in [0, 0.1) is 12.8 Å². The second-order valence-electron chi connectivity index (χ2n) is 3.99. The first-order valence-corrected chi connectivity index (χ1v) is 5.21. The number of hydrogen-bond acceptors (Lipinski definition) is 3. The van der Waals surface area contributed by atoms with Crippen LogP contribution in [-0.2, 0) is 4.79 Å². The molecule has 0 aromatic carbocycles. The van der Waals surface area contributed by atoms with Crippen molar-refractivity contribution in [3.8, 4) is 0 Å². The van der Waals surface area contributed by atoms with Gasteiger partial charge in [-0.3, -0.25) is 4.79 Å². The molecule has 4 nitrogen and oxygen atoms in total. The highest BCUT2D eigenvalue weighted by atomic mass is 16.1. The van der Waals surface area contributed by atoms with Crippen LogP contribution in [0.5, 0.6) is 0 Å². The molecule has 15 heavy (non-hydrogen) atoms. The van der Waals surface area contributed by atoms with Crippen molar-refractivity contribution in [1.82, 2.24) is 4.98 Å². The number of pyridine rings is 1. The van der Waals surface area contributed by atoms with Crippen LogP contribution in [0.1, 0.15) is 25.0 Å². The fourth-order valence-electron chi connectivity index (χ4n) is 1.62. The van der Waals surface area contributed by atoms with Gasteiger partial charge in [-0.2, -0.15) is 0 Å². The van der Waals surface area contributed by atoms with E-state index in [1.807, 2.05) is 6.92 Å². The molecule has 0 unspecified atom stereocenters. The van der Waals surface area contributed by atoms with Gasteiger partial charge in [0.05, 0.1) is 11.4 Å². The van der Waals surface area contributed by atoms with E-state index in [9.17, 15) is 4.79 Å². The van der Waals surface area contributed by atoms with Crippen LogP contribution in [0.2, 0.25) is 0 Å². The Morgan fingerprint density at radius 2 is 2.27 bits per heavy atom. The maximum absolute atomic E-state index is 11.7. The van der Waals surface area contributed by atoms with Crippen molar-refractivity contribution in [2.75, 3.05) is 11.1 Å². The third-order valence-electron chi connectivity index (χ3n) is 2.84. The highest BCUT2D eigenvalue weighted by Crippen LogP contribution is 2.28. The van der Waals surface area contributed by atoms with E-state index in [2.05, 4.69) is 10.3 Å². The SMILES string of the molecule is Cc1nc(N)ccc1NC(=O)C1CCC1. The molecule has 0 bridgehead atoms. The molecule has 1 aromatic rings. The molecule has 1 aliphatic rings. The van der Waals surface area contributed by atoms with Gasteiger partial charge in [0.1, 0.15) is 5.82 Å². The number of aryl methyl sites for hydroxylation is 1. The van der Waals surface area contributed by atoms with E-state index in [0.29, 0.717) is 5.82 Å². The highest BCUT2D eigenvalue weighted by Gasteiger charge is 2.25. The molecule has 4 heteroatoms. The Hall–Kier alpha value is -1.58. The van der Waals surface area contributed by atoms with Gasteiger partial charge in [-0.15, -0.1) is 0 Å². The standard InChI is InChI=1S/C11H15N3O/c1-7-9(5-6-10(12)13-7)14-11(15)8-3-2-4-8/h5-6,8H,2-4H2,1H3,(H2,12,13)(H,14,15). The van der Waals surface area contributed by atoms with E-state index in [0.717, 1.165) is 30.6 Å². The molecule has 0 atom stereocenters. The predicted octanol–water partition coefficient (Wildman–Crippen LogP) is 1.71. The molecule has 1 aliphatic carbocycles. The summed E-state index contributed by atoms with van der Waals surface area (Å²) < 4.78 is 0. The number of aromatic nitrogens is 1. The molecule has 1 aromatic heterocycles. The molecule has 0 radical (unpaired) electrons. The van der Waals surface area contributed by atoms with E-state index in [-0.39, 0.29) is 11.8 Å². The van der Waals surface area contributed by atoms with E-state index in [1.54, 1.807) is 12.1 Å². The van der Waals surface area contributed by atoms with Crippen molar-refractivity contribution in [2.24, 2.45) is 5.92 Å². The van der Waals surface area contributed by atoms with Crippen LogP contribution in [0.3, 0.4) is 0 Å². The molecule has 80 valence electrons. The summed E-state index contributed by atoms with van der Waals surface area (Å²) in [5.41, 5.74) is 7.06. The van der Waals surface area contributed by atoms with Crippen LogP contribution in [-0.4, -0.2) is 10.9 Å². The molecule has 0 aliphatic heterocycles. The Morgan fingerprint density at radius 1 is 1.53 bits per heavy atom. The zero-order valence-electron chi connectivity index (χ0n) is 8.79. The van der Waals surface area contributed by atoms with Gasteiger partial charge in [0.25, 0.3) is 0 Å². The van der Waals surface area contributed by atoms with Crippen LogP contribution >= 0.6 is 0 Å². The monoisotopic (exact) mass is 205 g/mol. The second-order valence-corrected chi connectivity index (χ2v) is 3.99. The Bertz CT molecular complexity index is 385. The van der Waals surface area contributed by atoms with Crippen LogP contribution in [0.25, 0.3) is 0 Å². The molecule has 0 saturated heterocycles. The minimum absolute atomic E-state index is 0.107. The normalized spacial score (nSPS) is 15.8.